The summed E-state index contributed by atoms with van der Waals surface area (Å²) in [6.45, 7) is 2.77. The molecule has 1 aromatic carbocycles. The molecule has 0 spiro atoms. The van der Waals surface area contributed by atoms with Gasteiger partial charge < -0.3 is 9.80 Å². The van der Waals surface area contributed by atoms with E-state index in [0.29, 0.717) is 18.2 Å². The summed E-state index contributed by atoms with van der Waals surface area (Å²) in [7, 11) is 1.80. The molecule has 6 heteroatoms. The van der Waals surface area contributed by atoms with E-state index in [1.807, 2.05) is 24.3 Å². The van der Waals surface area contributed by atoms with Gasteiger partial charge in [0.15, 0.2) is 0 Å². The van der Waals surface area contributed by atoms with Crippen molar-refractivity contribution in [1.29, 1.82) is 0 Å². The smallest absolute Gasteiger partial charge is 0.272 e. The number of anilines is 2. The van der Waals surface area contributed by atoms with E-state index in [4.69, 9.17) is 0 Å². The van der Waals surface area contributed by atoms with Gasteiger partial charge in [-0.2, -0.15) is 0 Å². The van der Waals surface area contributed by atoms with Crippen LogP contribution in [0.1, 0.15) is 28.5 Å². The largest absolute Gasteiger partial charge is 0.340 e. The fourth-order valence-electron chi connectivity index (χ4n) is 3.60. The molecule has 6 nitrogen and oxygen atoms in total. The number of benzene rings is 1. The van der Waals surface area contributed by atoms with Gasteiger partial charge in [-0.1, -0.05) is 18.2 Å². The fraction of sp³-hybridized carbons (Fsp3) is 0.273. The molecule has 0 aliphatic carbocycles. The van der Waals surface area contributed by atoms with Crippen molar-refractivity contribution in [3.63, 3.8) is 0 Å². The van der Waals surface area contributed by atoms with Crippen LogP contribution in [-0.2, 0) is 12.8 Å². The Morgan fingerprint density at radius 2 is 1.93 bits per heavy atom. The quantitative estimate of drug-likeness (QED) is 0.687. The number of hydrogen-bond donors (Lipinski definition) is 0. The van der Waals surface area contributed by atoms with Gasteiger partial charge in [0.1, 0.15) is 5.69 Å². The lowest BCUT2D eigenvalue weighted by atomic mass is 10.1. The third-order valence-electron chi connectivity index (χ3n) is 5.12. The Labute approximate surface area is 164 Å². The number of carbonyl (C=O) groups excluding carboxylic acids is 1. The molecular formula is C22H23N5O. The summed E-state index contributed by atoms with van der Waals surface area (Å²) in [6.07, 6.45) is 6.93. The number of fused-ring (bicyclic) bond motifs is 1. The molecule has 0 saturated heterocycles. The minimum atomic E-state index is -0.0992. The van der Waals surface area contributed by atoms with E-state index in [9.17, 15) is 4.79 Å². The van der Waals surface area contributed by atoms with Gasteiger partial charge in [-0.3, -0.25) is 9.78 Å². The van der Waals surface area contributed by atoms with Crippen LogP contribution in [0.4, 0.5) is 11.6 Å². The number of likely N-dealkylation sites (N-methyl/N-ethyl adjacent to an activating group) is 1. The first-order chi connectivity index (χ1) is 13.6. The van der Waals surface area contributed by atoms with Gasteiger partial charge in [0, 0.05) is 43.9 Å². The molecular weight excluding hydrogens is 350 g/mol. The zero-order valence-electron chi connectivity index (χ0n) is 16.1. The normalized spacial score (nSPS) is 15.4. The monoisotopic (exact) mass is 373 g/mol. The van der Waals surface area contributed by atoms with Crippen LogP contribution in [0, 0.1) is 0 Å². The molecule has 0 radical (unpaired) electrons. The molecule has 28 heavy (non-hydrogen) atoms. The molecule has 1 amide bonds. The number of aromatic nitrogens is 3. The minimum Gasteiger partial charge on any atom is -0.340 e. The lowest BCUT2D eigenvalue weighted by molar-refractivity contribution is 0.0790. The molecule has 0 bridgehead atoms. The van der Waals surface area contributed by atoms with Gasteiger partial charge in [0.25, 0.3) is 5.91 Å². The van der Waals surface area contributed by atoms with Crippen molar-refractivity contribution in [1.82, 2.24) is 19.9 Å². The van der Waals surface area contributed by atoms with E-state index in [1.54, 1.807) is 36.6 Å². The van der Waals surface area contributed by atoms with Crippen molar-refractivity contribution < 1.29 is 4.79 Å². The third kappa shape index (κ3) is 3.58. The first kappa shape index (κ1) is 18.1. The molecule has 0 saturated carbocycles. The summed E-state index contributed by atoms with van der Waals surface area (Å²) in [6, 6.07) is 14.2. The van der Waals surface area contributed by atoms with Gasteiger partial charge in [-0.25, -0.2) is 9.97 Å². The predicted octanol–water partition coefficient (Wildman–Crippen LogP) is 3.27. The van der Waals surface area contributed by atoms with Crippen molar-refractivity contribution in [2.24, 2.45) is 0 Å². The van der Waals surface area contributed by atoms with Gasteiger partial charge >= 0.3 is 0 Å². The zero-order valence-corrected chi connectivity index (χ0v) is 16.1. The highest BCUT2D eigenvalue weighted by Gasteiger charge is 2.29. The highest BCUT2D eigenvalue weighted by atomic mass is 16.2. The molecule has 4 rings (SSSR count). The second kappa shape index (κ2) is 7.76. The summed E-state index contributed by atoms with van der Waals surface area (Å²) in [5, 5.41) is 0. The summed E-state index contributed by atoms with van der Waals surface area (Å²) in [5.74, 6) is 0.476. The number of nitrogens with zero attached hydrogens (tertiary/aromatic N) is 5. The summed E-state index contributed by atoms with van der Waals surface area (Å²) in [5.41, 5.74) is 3.97. The number of carbonyl (C=O) groups is 1. The van der Waals surface area contributed by atoms with Crippen molar-refractivity contribution >= 4 is 17.5 Å². The Morgan fingerprint density at radius 1 is 1.14 bits per heavy atom. The van der Waals surface area contributed by atoms with Crippen molar-refractivity contribution in [3.05, 3.63) is 77.9 Å². The summed E-state index contributed by atoms with van der Waals surface area (Å²) < 4.78 is 0. The average Bonchev–Trinajstić information content (AvgIpc) is 3.08. The zero-order chi connectivity index (χ0) is 19.5. The van der Waals surface area contributed by atoms with E-state index in [-0.39, 0.29) is 11.9 Å². The fourth-order valence-corrected chi connectivity index (χ4v) is 3.60. The van der Waals surface area contributed by atoms with Crippen LogP contribution in [-0.4, -0.2) is 45.4 Å². The number of rotatable bonds is 5. The van der Waals surface area contributed by atoms with Crippen LogP contribution >= 0.6 is 0 Å². The number of amides is 1. The number of pyridine rings is 1. The first-order valence-corrected chi connectivity index (χ1v) is 9.48. The van der Waals surface area contributed by atoms with Gasteiger partial charge in [0.2, 0.25) is 5.95 Å². The Bertz CT molecular complexity index is 975. The van der Waals surface area contributed by atoms with Crippen molar-refractivity contribution in [2.75, 3.05) is 18.5 Å². The number of hydrogen-bond acceptors (Lipinski definition) is 5. The molecule has 0 N–H and O–H groups in total. The van der Waals surface area contributed by atoms with Crippen LogP contribution in [0.5, 0.6) is 0 Å². The third-order valence-corrected chi connectivity index (χ3v) is 5.12. The molecule has 3 aromatic rings. The Kier molecular flexibility index (Phi) is 5.02. The van der Waals surface area contributed by atoms with Gasteiger partial charge in [-0.15, -0.1) is 0 Å². The van der Waals surface area contributed by atoms with Gasteiger partial charge in [0.05, 0.1) is 0 Å². The van der Waals surface area contributed by atoms with Crippen molar-refractivity contribution in [3.8, 4) is 0 Å². The maximum atomic E-state index is 12.9. The first-order valence-electron chi connectivity index (χ1n) is 9.48. The topological polar surface area (TPSA) is 62.2 Å². The van der Waals surface area contributed by atoms with E-state index in [2.05, 4.69) is 38.9 Å². The summed E-state index contributed by atoms with van der Waals surface area (Å²) in [4.78, 5) is 29.7. The molecule has 142 valence electrons. The molecule has 1 aliphatic rings. The molecule has 1 unspecified atom stereocenters. The average molecular weight is 373 g/mol. The Morgan fingerprint density at radius 3 is 2.75 bits per heavy atom. The second-order valence-electron chi connectivity index (χ2n) is 7.13. The van der Waals surface area contributed by atoms with Crippen LogP contribution < -0.4 is 4.90 Å². The van der Waals surface area contributed by atoms with Crippen LogP contribution in [0.2, 0.25) is 0 Å². The molecule has 3 heterocycles. The maximum Gasteiger partial charge on any atom is 0.272 e. The van der Waals surface area contributed by atoms with E-state index in [0.717, 1.165) is 24.1 Å². The minimum absolute atomic E-state index is 0.0992. The molecule has 1 aliphatic heterocycles. The highest BCUT2D eigenvalue weighted by Crippen LogP contribution is 2.36. The molecule has 2 aromatic heterocycles. The predicted molar refractivity (Wildman–Crippen MR) is 109 cm³/mol. The van der Waals surface area contributed by atoms with Crippen molar-refractivity contribution in [2.45, 2.75) is 25.8 Å². The standard InChI is InChI=1S/C22H23N5O/c1-16-15-18-5-3-4-6-20(18)27(16)22-24-13-9-19(25-22)21(28)26(2)14-10-17-7-11-23-12-8-17/h3-9,11-13,16H,10,14-15H2,1-2H3. The lowest BCUT2D eigenvalue weighted by Crippen LogP contribution is -2.31. The lowest BCUT2D eigenvalue weighted by Gasteiger charge is -2.23. The van der Waals surface area contributed by atoms with Gasteiger partial charge in [-0.05, 0) is 55.2 Å². The highest BCUT2D eigenvalue weighted by molar-refractivity contribution is 5.92. The SMILES string of the molecule is CC1Cc2ccccc2N1c1nccc(C(=O)N(C)CCc2ccncc2)n1. The summed E-state index contributed by atoms with van der Waals surface area (Å²) >= 11 is 0. The number of para-hydroxylation sites is 1. The van der Waals surface area contributed by atoms with E-state index >= 15 is 0 Å². The molecule has 1 atom stereocenters. The second-order valence-corrected chi connectivity index (χ2v) is 7.13. The Hall–Kier alpha value is -3.28. The van der Waals surface area contributed by atoms with Crippen LogP contribution in [0.3, 0.4) is 0 Å². The molecule has 0 fully saturated rings. The van der Waals surface area contributed by atoms with E-state index < -0.39 is 0 Å². The van der Waals surface area contributed by atoms with Crippen LogP contribution in [0.15, 0.2) is 61.1 Å². The Balaban J connectivity index is 1.51. The van der Waals surface area contributed by atoms with E-state index in [1.165, 1.54) is 5.56 Å². The van der Waals surface area contributed by atoms with Crippen LogP contribution in [0.25, 0.3) is 0 Å². The maximum absolute atomic E-state index is 12.9.